The summed E-state index contributed by atoms with van der Waals surface area (Å²) in [5.41, 5.74) is 1.20. The van der Waals surface area contributed by atoms with Crippen LogP contribution in [-0.4, -0.2) is 26.2 Å². The highest BCUT2D eigenvalue weighted by Crippen LogP contribution is 2.24. The topological polar surface area (TPSA) is 121 Å². The SMILES string of the molecule is Cc1ncc([N+](=O)[O-])n1CCOc1ccc2c(=O)c(-c3ccc(O)cc3)coc2c1. The van der Waals surface area contributed by atoms with Gasteiger partial charge in [0.2, 0.25) is 0 Å². The van der Waals surface area contributed by atoms with Gasteiger partial charge in [0.1, 0.15) is 42.7 Å². The van der Waals surface area contributed by atoms with E-state index in [0.29, 0.717) is 33.7 Å². The van der Waals surface area contributed by atoms with Crippen LogP contribution in [0.4, 0.5) is 5.82 Å². The molecule has 0 bridgehead atoms. The number of nitrogens with zero attached hydrogens (tertiary/aromatic N) is 3. The van der Waals surface area contributed by atoms with E-state index in [0.717, 1.165) is 0 Å². The molecular weight excluding hydrogens is 390 g/mol. The van der Waals surface area contributed by atoms with Gasteiger partial charge in [-0.3, -0.25) is 4.79 Å². The van der Waals surface area contributed by atoms with Gasteiger partial charge in [-0.25, -0.2) is 9.55 Å². The van der Waals surface area contributed by atoms with Crippen LogP contribution in [0, 0.1) is 17.0 Å². The number of phenols is 1. The number of aryl methyl sites for hydroxylation is 1. The maximum atomic E-state index is 12.8. The van der Waals surface area contributed by atoms with Gasteiger partial charge in [-0.05, 0) is 34.8 Å². The third-order valence-electron chi connectivity index (χ3n) is 4.73. The molecule has 0 spiro atoms. The van der Waals surface area contributed by atoms with Gasteiger partial charge in [-0.15, -0.1) is 0 Å². The lowest BCUT2D eigenvalue weighted by molar-refractivity contribution is -0.392. The molecule has 0 saturated heterocycles. The van der Waals surface area contributed by atoms with Crippen molar-refractivity contribution >= 4 is 16.8 Å². The molecule has 30 heavy (non-hydrogen) atoms. The molecule has 0 amide bonds. The number of aromatic nitrogens is 2. The van der Waals surface area contributed by atoms with E-state index in [1.165, 1.54) is 29.2 Å². The van der Waals surface area contributed by atoms with Crippen molar-refractivity contribution in [2.75, 3.05) is 6.61 Å². The van der Waals surface area contributed by atoms with E-state index in [1.807, 2.05) is 0 Å². The van der Waals surface area contributed by atoms with E-state index in [-0.39, 0.29) is 30.1 Å². The van der Waals surface area contributed by atoms with Crippen LogP contribution in [0.2, 0.25) is 0 Å². The molecular formula is C21H17N3O6. The summed E-state index contributed by atoms with van der Waals surface area (Å²) in [5, 5.41) is 20.9. The summed E-state index contributed by atoms with van der Waals surface area (Å²) >= 11 is 0. The molecule has 0 radical (unpaired) electrons. The Kier molecular flexibility index (Phi) is 4.93. The molecule has 1 N–H and O–H groups in total. The van der Waals surface area contributed by atoms with Crippen LogP contribution >= 0.6 is 0 Å². The fourth-order valence-corrected chi connectivity index (χ4v) is 3.17. The van der Waals surface area contributed by atoms with Crippen molar-refractivity contribution in [1.29, 1.82) is 0 Å². The predicted octanol–water partition coefficient (Wildman–Crippen LogP) is 3.66. The van der Waals surface area contributed by atoms with Crippen molar-refractivity contribution in [3.8, 4) is 22.6 Å². The number of aromatic hydroxyl groups is 1. The Bertz CT molecular complexity index is 1290. The molecule has 2 aromatic carbocycles. The largest absolute Gasteiger partial charge is 0.508 e. The number of rotatable bonds is 6. The van der Waals surface area contributed by atoms with Gasteiger partial charge in [0.05, 0.1) is 10.9 Å². The van der Waals surface area contributed by atoms with E-state index in [9.17, 15) is 20.0 Å². The third kappa shape index (κ3) is 3.60. The predicted molar refractivity (Wildman–Crippen MR) is 109 cm³/mol. The molecule has 0 aliphatic heterocycles. The van der Waals surface area contributed by atoms with Gasteiger partial charge in [-0.1, -0.05) is 12.1 Å². The quantitative estimate of drug-likeness (QED) is 0.382. The Labute approximate surface area is 169 Å². The maximum Gasteiger partial charge on any atom is 0.342 e. The highest BCUT2D eigenvalue weighted by molar-refractivity contribution is 5.82. The zero-order chi connectivity index (χ0) is 21.3. The lowest BCUT2D eigenvalue weighted by atomic mass is 10.1. The zero-order valence-corrected chi connectivity index (χ0v) is 15.9. The third-order valence-corrected chi connectivity index (χ3v) is 4.73. The first kappa shape index (κ1) is 19.2. The summed E-state index contributed by atoms with van der Waals surface area (Å²) in [4.78, 5) is 27.3. The van der Waals surface area contributed by atoms with E-state index in [4.69, 9.17) is 9.15 Å². The highest BCUT2D eigenvalue weighted by atomic mass is 16.6. The standard InChI is InChI=1S/C21H17N3O6/c1-13-22-11-20(24(27)28)23(13)8-9-29-16-6-7-17-19(10-16)30-12-18(21(17)26)14-2-4-15(25)5-3-14/h2-7,10-12,25H,8-9H2,1H3. The van der Waals surface area contributed by atoms with Gasteiger partial charge in [0, 0.05) is 13.0 Å². The van der Waals surface area contributed by atoms with Crippen LogP contribution in [0.5, 0.6) is 11.5 Å². The lowest BCUT2D eigenvalue weighted by Gasteiger charge is -2.08. The number of benzene rings is 2. The summed E-state index contributed by atoms with van der Waals surface area (Å²) in [6.45, 7) is 2.12. The minimum absolute atomic E-state index is 0.0950. The Morgan fingerprint density at radius 3 is 2.73 bits per heavy atom. The number of ether oxygens (including phenoxy) is 1. The normalized spacial score (nSPS) is 11.0. The van der Waals surface area contributed by atoms with Gasteiger partial charge in [-0.2, -0.15) is 0 Å². The van der Waals surface area contributed by atoms with E-state index >= 15 is 0 Å². The number of hydrogen-bond acceptors (Lipinski definition) is 7. The molecule has 2 aromatic heterocycles. The first-order valence-electron chi connectivity index (χ1n) is 9.08. The van der Waals surface area contributed by atoms with Crippen LogP contribution < -0.4 is 10.2 Å². The molecule has 9 nitrogen and oxygen atoms in total. The molecule has 0 saturated carbocycles. The maximum absolute atomic E-state index is 12.8. The molecule has 9 heteroatoms. The van der Waals surface area contributed by atoms with Crippen molar-refractivity contribution < 1.29 is 19.2 Å². The molecule has 0 atom stereocenters. The summed E-state index contributed by atoms with van der Waals surface area (Å²) in [5.74, 6) is 1.02. The van der Waals surface area contributed by atoms with Crippen molar-refractivity contribution in [2.45, 2.75) is 13.5 Å². The monoisotopic (exact) mass is 407 g/mol. The number of hydrogen-bond donors (Lipinski definition) is 1. The molecule has 0 unspecified atom stereocenters. The average Bonchev–Trinajstić information content (AvgIpc) is 3.10. The number of imidazole rings is 1. The van der Waals surface area contributed by atoms with Crippen LogP contribution in [0.15, 0.2) is 64.1 Å². The zero-order valence-electron chi connectivity index (χ0n) is 15.9. The molecule has 4 aromatic rings. The average molecular weight is 407 g/mol. The van der Waals surface area contributed by atoms with Crippen molar-refractivity contribution in [3.63, 3.8) is 0 Å². The second-order valence-corrected chi connectivity index (χ2v) is 6.60. The second-order valence-electron chi connectivity index (χ2n) is 6.60. The number of nitro groups is 1. The van der Waals surface area contributed by atoms with Crippen LogP contribution in [0.25, 0.3) is 22.1 Å². The molecule has 0 aliphatic carbocycles. The van der Waals surface area contributed by atoms with E-state index in [2.05, 4.69) is 4.98 Å². The minimum Gasteiger partial charge on any atom is -0.508 e. The Balaban J connectivity index is 1.54. The first-order valence-corrected chi connectivity index (χ1v) is 9.08. The van der Waals surface area contributed by atoms with Crippen molar-refractivity contribution in [2.24, 2.45) is 0 Å². The molecule has 152 valence electrons. The minimum atomic E-state index is -0.490. The lowest BCUT2D eigenvalue weighted by Crippen LogP contribution is -2.12. The second kappa shape index (κ2) is 7.70. The van der Waals surface area contributed by atoms with Gasteiger partial charge < -0.3 is 24.4 Å². The number of fused-ring (bicyclic) bond motifs is 1. The van der Waals surface area contributed by atoms with Crippen molar-refractivity contribution in [1.82, 2.24) is 9.55 Å². The van der Waals surface area contributed by atoms with Crippen LogP contribution in [-0.2, 0) is 6.54 Å². The van der Waals surface area contributed by atoms with E-state index in [1.54, 1.807) is 37.3 Å². The summed E-state index contributed by atoms with van der Waals surface area (Å²) in [6.07, 6.45) is 2.59. The molecule has 2 heterocycles. The fraction of sp³-hybridized carbons (Fsp3) is 0.143. The molecule has 4 rings (SSSR count). The van der Waals surface area contributed by atoms with Gasteiger partial charge in [0.25, 0.3) is 0 Å². The Morgan fingerprint density at radius 2 is 2.00 bits per heavy atom. The van der Waals surface area contributed by atoms with Gasteiger partial charge in [0.15, 0.2) is 11.3 Å². The number of phenolic OH excluding ortho intramolecular Hbond substituents is 1. The van der Waals surface area contributed by atoms with Crippen LogP contribution in [0.3, 0.4) is 0 Å². The highest BCUT2D eigenvalue weighted by Gasteiger charge is 2.17. The summed E-state index contributed by atoms with van der Waals surface area (Å²) in [6, 6.07) is 11.2. The summed E-state index contributed by atoms with van der Waals surface area (Å²) in [7, 11) is 0. The van der Waals surface area contributed by atoms with Crippen molar-refractivity contribution in [3.05, 3.63) is 81.1 Å². The smallest absolute Gasteiger partial charge is 0.342 e. The first-order chi connectivity index (χ1) is 14.4. The van der Waals surface area contributed by atoms with Gasteiger partial charge >= 0.3 is 5.82 Å². The van der Waals surface area contributed by atoms with Crippen LogP contribution in [0.1, 0.15) is 5.82 Å². The Hall–Kier alpha value is -4.14. The fourth-order valence-electron chi connectivity index (χ4n) is 3.17. The van der Waals surface area contributed by atoms with E-state index < -0.39 is 4.92 Å². The Morgan fingerprint density at radius 1 is 1.23 bits per heavy atom. The molecule has 0 fully saturated rings. The summed E-state index contributed by atoms with van der Waals surface area (Å²) < 4.78 is 12.8. The molecule has 0 aliphatic rings.